The van der Waals surface area contributed by atoms with Gasteiger partial charge in [-0.3, -0.25) is 9.59 Å². The first kappa shape index (κ1) is 19.8. The highest BCUT2D eigenvalue weighted by atomic mass is 32.2. The second-order valence-electron chi connectivity index (χ2n) is 6.41. The molecular formula is C20H21N3O4S. The maximum atomic E-state index is 12.5. The van der Waals surface area contributed by atoms with Crippen LogP contribution >= 0.6 is 0 Å². The number of hydrogen-bond acceptors (Lipinski definition) is 4. The summed E-state index contributed by atoms with van der Waals surface area (Å²) in [5.74, 6) is -0.664. The Morgan fingerprint density at radius 1 is 1.04 bits per heavy atom. The van der Waals surface area contributed by atoms with Gasteiger partial charge in [0.2, 0.25) is 10.0 Å². The normalized spacial score (nSPS) is 13.6. The Morgan fingerprint density at radius 3 is 2.36 bits per heavy atom. The molecule has 3 N–H and O–H groups in total. The van der Waals surface area contributed by atoms with Crippen LogP contribution < -0.4 is 15.4 Å². The Kier molecular flexibility index (Phi) is 5.91. The molecule has 0 heterocycles. The van der Waals surface area contributed by atoms with Gasteiger partial charge in [0.05, 0.1) is 16.1 Å². The SMILES string of the molecule is C=CCNS(=O)(=O)c1ccc(C(=O)Nc2ccccc2C(=O)NC2CC2)cc1. The third kappa shape index (κ3) is 4.85. The van der Waals surface area contributed by atoms with Crippen LogP contribution in [0.4, 0.5) is 5.69 Å². The molecule has 1 fully saturated rings. The molecule has 146 valence electrons. The van der Waals surface area contributed by atoms with E-state index in [0.717, 1.165) is 12.8 Å². The van der Waals surface area contributed by atoms with E-state index in [1.54, 1.807) is 24.3 Å². The molecule has 0 aliphatic heterocycles. The number of benzene rings is 2. The largest absolute Gasteiger partial charge is 0.349 e. The Balaban J connectivity index is 1.73. The van der Waals surface area contributed by atoms with Gasteiger partial charge in [0.25, 0.3) is 11.8 Å². The van der Waals surface area contributed by atoms with Gasteiger partial charge in [0, 0.05) is 18.2 Å². The standard InChI is InChI=1S/C20H21N3O4S/c1-2-13-21-28(26,27)16-11-7-14(8-12-16)19(24)23-18-6-4-3-5-17(18)20(25)22-15-9-10-15/h2-8,11-12,15,21H,1,9-10,13H2,(H,22,25)(H,23,24). The van der Waals surface area contributed by atoms with Crippen molar-refractivity contribution in [3.05, 3.63) is 72.3 Å². The van der Waals surface area contributed by atoms with Crippen LogP contribution in [0.1, 0.15) is 33.6 Å². The molecule has 3 rings (SSSR count). The summed E-state index contributed by atoms with van der Waals surface area (Å²) in [4.78, 5) is 24.9. The van der Waals surface area contributed by atoms with Crippen molar-refractivity contribution in [2.75, 3.05) is 11.9 Å². The molecular weight excluding hydrogens is 378 g/mol. The van der Waals surface area contributed by atoms with E-state index in [1.807, 2.05) is 0 Å². The van der Waals surface area contributed by atoms with Gasteiger partial charge in [-0.15, -0.1) is 6.58 Å². The highest BCUT2D eigenvalue weighted by Gasteiger charge is 2.25. The molecule has 0 spiro atoms. The van der Waals surface area contributed by atoms with Crippen molar-refractivity contribution in [1.29, 1.82) is 0 Å². The zero-order valence-electron chi connectivity index (χ0n) is 15.1. The van der Waals surface area contributed by atoms with E-state index in [0.29, 0.717) is 11.3 Å². The van der Waals surface area contributed by atoms with Gasteiger partial charge in [-0.05, 0) is 49.2 Å². The number of para-hydroxylation sites is 1. The Hall–Kier alpha value is -2.97. The van der Waals surface area contributed by atoms with Crippen molar-refractivity contribution < 1.29 is 18.0 Å². The predicted octanol–water partition coefficient (Wildman–Crippen LogP) is 2.30. The highest BCUT2D eigenvalue weighted by molar-refractivity contribution is 7.89. The number of sulfonamides is 1. The van der Waals surface area contributed by atoms with Crippen LogP contribution in [0.15, 0.2) is 66.1 Å². The fraction of sp³-hybridized carbons (Fsp3) is 0.200. The number of amides is 2. The van der Waals surface area contributed by atoms with Crippen LogP contribution in [0, 0.1) is 0 Å². The predicted molar refractivity (Wildman–Crippen MR) is 107 cm³/mol. The Morgan fingerprint density at radius 2 is 1.71 bits per heavy atom. The lowest BCUT2D eigenvalue weighted by Gasteiger charge is -2.11. The van der Waals surface area contributed by atoms with Gasteiger partial charge in [0.1, 0.15) is 0 Å². The zero-order chi connectivity index (χ0) is 20.1. The molecule has 1 aliphatic rings. The van der Waals surface area contributed by atoms with Gasteiger partial charge in [-0.25, -0.2) is 13.1 Å². The number of carbonyl (C=O) groups excluding carboxylic acids is 2. The first-order valence-corrected chi connectivity index (χ1v) is 10.3. The molecule has 7 nitrogen and oxygen atoms in total. The van der Waals surface area contributed by atoms with Crippen LogP contribution in [-0.2, 0) is 10.0 Å². The topological polar surface area (TPSA) is 104 Å². The summed E-state index contributed by atoms with van der Waals surface area (Å²) < 4.78 is 26.5. The summed E-state index contributed by atoms with van der Waals surface area (Å²) in [6.45, 7) is 3.58. The molecule has 2 aromatic rings. The lowest BCUT2D eigenvalue weighted by Crippen LogP contribution is -2.27. The molecule has 0 saturated heterocycles. The lowest BCUT2D eigenvalue weighted by atomic mass is 10.1. The Labute approximate surface area is 163 Å². The number of anilines is 1. The van der Waals surface area contributed by atoms with Gasteiger partial charge in [-0.1, -0.05) is 18.2 Å². The maximum Gasteiger partial charge on any atom is 0.255 e. The van der Waals surface area contributed by atoms with Crippen molar-refractivity contribution in [1.82, 2.24) is 10.0 Å². The van der Waals surface area contributed by atoms with E-state index in [1.165, 1.54) is 30.3 Å². The summed E-state index contributed by atoms with van der Waals surface area (Å²) in [6.07, 6.45) is 3.38. The van der Waals surface area contributed by atoms with E-state index in [9.17, 15) is 18.0 Å². The van der Waals surface area contributed by atoms with Gasteiger partial charge in [0.15, 0.2) is 0 Å². The number of hydrogen-bond donors (Lipinski definition) is 3. The molecule has 0 atom stereocenters. The molecule has 1 aliphatic carbocycles. The van der Waals surface area contributed by atoms with E-state index < -0.39 is 15.9 Å². The van der Waals surface area contributed by atoms with Crippen LogP contribution in [0.25, 0.3) is 0 Å². The van der Waals surface area contributed by atoms with Crippen molar-refractivity contribution in [3.63, 3.8) is 0 Å². The number of nitrogens with one attached hydrogen (secondary N) is 3. The third-order valence-corrected chi connectivity index (χ3v) is 5.62. The molecule has 0 unspecified atom stereocenters. The zero-order valence-corrected chi connectivity index (χ0v) is 16.0. The van der Waals surface area contributed by atoms with E-state index in [2.05, 4.69) is 21.9 Å². The molecule has 0 bridgehead atoms. The number of rotatable bonds is 8. The molecule has 2 amide bonds. The molecule has 0 aromatic heterocycles. The smallest absolute Gasteiger partial charge is 0.255 e. The molecule has 1 saturated carbocycles. The van der Waals surface area contributed by atoms with Gasteiger partial charge in [-0.2, -0.15) is 0 Å². The van der Waals surface area contributed by atoms with Crippen molar-refractivity contribution >= 4 is 27.5 Å². The number of carbonyl (C=O) groups is 2. The summed E-state index contributed by atoms with van der Waals surface area (Å²) in [7, 11) is -3.65. The minimum Gasteiger partial charge on any atom is -0.349 e. The van der Waals surface area contributed by atoms with Gasteiger partial charge >= 0.3 is 0 Å². The quantitative estimate of drug-likeness (QED) is 0.593. The van der Waals surface area contributed by atoms with Crippen molar-refractivity contribution in [2.24, 2.45) is 0 Å². The van der Waals surface area contributed by atoms with E-state index in [4.69, 9.17) is 0 Å². The van der Waals surface area contributed by atoms with Gasteiger partial charge < -0.3 is 10.6 Å². The van der Waals surface area contributed by atoms with Crippen LogP contribution in [0.3, 0.4) is 0 Å². The Bertz CT molecular complexity index is 996. The average molecular weight is 399 g/mol. The fourth-order valence-electron chi connectivity index (χ4n) is 2.51. The summed E-state index contributed by atoms with van der Waals surface area (Å²) >= 11 is 0. The monoisotopic (exact) mass is 399 g/mol. The summed E-state index contributed by atoms with van der Waals surface area (Å²) in [6, 6.07) is 12.5. The molecule has 0 radical (unpaired) electrons. The third-order valence-electron chi connectivity index (χ3n) is 4.18. The van der Waals surface area contributed by atoms with E-state index >= 15 is 0 Å². The van der Waals surface area contributed by atoms with Crippen LogP contribution in [0.5, 0.6) is 0 Å². The second kappa shape index (κ2) is 8.37. The molecule has 8 heteroatoms. The minimum atomic E-state index is -3.65. The average Bonchev–Trinajstić information content (AvgIpc) is 3.51. The maximum absolute atomic E-state index is 12.5. The van der Waals surface area contributed by atoms with Crippen molar-refractivity contribution in [2.45, 2.75) is 23.8 Å². The minimum absolute atomic E-state index is 0.0510. The summed E-state index contributed by atoms with van der Waals surface area (Å²) in [5, 5.41) is 5.61. The summed E-state index contributed by atoms with van der Waals surface area (Å²) in [5.41, 5.74) is 1.06. The van der Waals surface area contributed by atoms with E-state index in [-0.39, 0.29) is 29.0 Å². The first-order chi connectivity index (χ1) is 13.4. The first-order valence-electron chi connectivity index (χ1n) is 8.82. The second-order valence-corrected chi connectivity index (χ2v) is 8.18. The fourth-order valence-corrected chi connectivity index (χ4v) is 3.51. The van der Waals surface area contributed by atoms with Crippen LogP contribution in [-0.4, -0.2) is 32.8 Å². The lowest BCUT2D eigenvalue weighted by molar-refractivity contribution is 0.0952. The highest BCUT2D eigenvalue weighted by Crippen LogP contribution is 2.22. The molecule has 28 heavy (non-hydrogen) atoms. The molecule has 2 aromatic carbocycles. The van der Waals surface area contributed by atoms with Crippen LogP contribution in [0.2, 0.25) is 0 Å². The van der Waals surface area contributed by atoms with Crippen molar-refractivity contribution in [3.8, 4) is 0 Å².